The highest BCUT2D eigenvalue weighted by molar-refractivity contribution is 5.80. The standard InChI is InChI=1S/C29H31O4/c1-27(2,3)33-26(31)25(28(4,5)32-21-30)29(22-15-9-6-10-16-22,23-17-11-7-12-18-23)24-19-13-8-14-20-24/h6-20,25H,1-5H3. The van der Waals surface area contributed by atoms with Crippen LogP contribution in [0.4, 0.5) is 0 Å². The van der Waals surface area contributed by atoms with E-state index in [0.717, 1.165) is 16.7 Å². The Morgan fingerprint density at radius 2 is 1.06 bits per heavy atom. The molecule has 33 heavy (non-hydrogen) atoms. The van der Waals surface area contributed by atoms with Gasteiger partial charge in [0, 0.05) is 0 Å². The van der Waals surface area contributed by atoms with Crippen molar-refractivity contribution < 1.29 is 19.1 Å². The van der Waals surface area contributed by atoms with Gasteiger partial charge in [-0.1, -0.05) is 91.0 Å². The molecule has 0 N–H and O–H groups in total. The number of ether oxygens (including phenoxy) is 2. The first kappa shape index (κ1) is 24.2. The summed E-state index contributed by atoms with van der Waals surface area (Å²) >= 11 is 0. The van der Waals surface area contributed by atoms with Gasteiger partial charge in [-0.25, -0.2) is 4.79 Å². The van der Waals surface area contributed by atoms with Crippen LogP contribution in [0.2, 0.25) is 0 Å². The molecule has 0 aliphatic heterocycles. The molecule has 1 atom stereocenters. The number of hydrogen-bond donors (Lipinski definition) is 0. The molecule has 3 aromatic rings. The Morgan fingerprint density at radius 1 is 0.697 bits per heavy atom. The average molecular weight is 444 g/mol. The zero-order chi connectivity index (χ0) is 24.1. The highest BCUT2D eigenvalue weighted by atomic mass is 16.6. The summed E-state index contributed by atoms with van der Waals surface area (Å²) in [6, 6.07) is 29.5. The summed E-state index contributed by atoms with van der Waals surface area (Å²) in [4.78, 5) is 25.5. The summed E-state index contributed by atoms with van der Waals surface area (Å²) in [5, 5.41) is 0. The molecular weight excluding hydrogens is 412 g/mol. The molecule has 0 aliphatic carbocycles. The van der Waals surface area contributed by atoms with E-state index in [9.17, 15) is 9.59 Å². The minimum absolute atomic E-state index is 0.459. The van der Waals surface area contributed by atoms with Gasteiger partial charge >= 0.3 is 12.4 Å². The van der Waals surface area contributed by atoms with Crippen molar-refractivity contribution in [3.8, 4) is 0 Å². The topological polar surface area (TPSA) is 52.6 Å². The number of hydrogen-bond acceptors (Lipinski definition) is 4. The fourth-order valence-corrected chi connectivity index (χ4v) is 4.61. The van der Waals surface area contributed by atoms with Gasteiger partial charge in [0.05, 0.1) is 5.41 Å². The van der Waals surface area contributed by atoms with Crippen LogP contribution in [0.15, 0.2) is 91.0 Å². The minimum Gasteiger partial charge on any atom is -0.460 e. The van der Waals surface area contributed by atoms with Crippen LogP contribution < -0.4 is 0 Å². The second-order valence-corrected chi connectivity index (χ2v) is 9.66. The summed E-state index contributed by atoms with van der Waals surface area (Å²) in [6.45, 7) is 10.5. The van der Waals surface area contributed by atoms with Crippen molar-refractivity contribution in [2.45, 2.75) is 51.2 Å². The number of carbonyl (C=O) groups is 1. The Hall–Kier alpha value is -3.40. The fraction of sp³-hybridized carbons (Fsp3) is 0.310. The fourth-order valence-electron chi connectivity index (χ4n) is 4.61. The van der Waals surface area contributed by atoms with Crippen LogP contribution in [0.25, 0.3) is 0 Å². The molecule has 1 unspecified atom stereocenters. The van der Waals surface area contributed by atoms with E-state index >= 15 is 0 Å². The van der Waals surface area contributed by atoms with E-state index in [0.29, 0.717) is 0 Å². The van der Waals surface area contributed by atoms with Gasteiger partial charge in [-0.2, -0.15) is 0 Å². The van der Waals surface area contributed by atoms with E-state index in [2.05, 4.69) is 0 Å². The highest BCUT2D eigenvalue weighted by Gasteiger charge is 2.56. The molecule has 0 spiro atoms. The first-order valence-corrected chi connectivity index (χ1v) is 11.1. The zero-order valence-electron chi connectivity index (χ0n) is 19.9. The lowest BCUT2D eigenvalue weighted by Gasteiger charge is -2.47. The predicted molar refractivity (Wildman–Crippen MR) is 129 cm³/mol. The molecule has 0 saturated heterocycles. The third-order valence-electron chi connectivity index (χ3n) is 5.76. The first-order valence-electron chi connectivity index (χ1n) is 11.1. The minimum atomic E-state index is -1.24. The highest BCUT2D eigenvalue weighted by Crippen LogP contribution is 2.50. The molecule has 0 aromatic heterocycles. The summed E-state index contributed by atoms with van der Waals surface area (Å²) in [5.41, 5.74) is -0.313. The number of esters is 1. The molecule has 1 radical (unpaired) electrons. The second-order valence-electron chi connectivity index (χ2n) is 9.66. The monoisotopic (exact) mass is 443 g/mol. The molecule has 0 saturated carbocycles. The second kappa shape index (κ2) is 9.62. The van der Waals surface area contributed by atoms with Crippen LogP contribution in [0.1, 0.15) is 51.3 Å². The van der Waals surface area contributed by atoms with E-state index in [1.165, 1.54) is 0 Å². The molecule has 0 aliphatic rings. The van der Waals surface area contributed by atoms with Gasteiger partial charge in [0.25, 0.3) is 0 Å². The van der Waals surface area contributed by atoms with Crippen LogP contribution in [-0.4, -0.2) is 23.6 Å². The van der Waals surface area contributed by atoms with Crippen molar-refractivity contribution in [1.82, 2.24) is 0 Å². The van der Waals surface area contributed by atoms with Crippen molar-refractivity contribution in [3.05, 3.63) is 108 Å². The van der Waals surface area contributed by atoms with Crippen LogP contribution in [0.5, 0.6) is 0 Å². The van der Waals surface area contributed by atoms with E-state index in [1.807, 2.05) is 112 Å². The molecular formula is C29H31O4. The molecule has 171 valence electrons. The lowest BCUT2D eigenvalue weighted by Crippen LogP contribution is -2.55. The lowest BCUT2D eigenvalue weighted by atomic mass is 9.57. The number of carbonyl (C=O) groups excluding carboxylic acids is 2. The van der Waals surface area contributed by atoms with Crippen LogP contribution in [0.3, 0.4) is 0 Å². The van der Waals surface area contributed by atoms with E-state index in [-0.39, 0.29) is 0 Å². The van der Waals surface area contributed by atoms with Crippen LogP contribution in [0, 0.1) is 5.92 Å². The zero-order valence-corrected chi connectivity index (χ0v) is 19.9. The smallest absolute Gasteiger partial charge is 0.418 e. The van der Waals surface area contributed by atoms with Crippen molar-refractivity contribution in [2.24, 2.45) is 5.92 Å². The van der Waals surface area contributed by atoms with Gasteiger partial charge in [0.1, 0.15) is 17.1 Å². The largest absolute Gasteiger partial charge is 0.460 e. The van der Waals surface area contributed by atoms with Crippen molar-refractivity contribution in [2.75, 3.05) is 0 Å². The maximum absolute atomic E-state index is 14.0. The lowest BCUT2D eigenvalue weighted by molar-refractivity contribution is -0.170. The molecule has 3 aromatic carbocycles. The maximum Gasteiger partial charge on any atom is 0.418 e. The van der Waals surface area contributed by atoms with Crippen LogP contribution >= 0.6 is 0 Å². The molecule has 4 heteroatoms. The van der Waals surface area contributed by atoms with E-state index in [4.69, 9.17) is 9.47 Å². The van der Waals surface area contributed by atoms with Gasteiger partial charge < -0.3 is 9.47 Å². The Bertz CT molecular complexity index is 954. The third kappa shape index (κ3) is 5.00. The average Bonchev–Trinajstić information content (AvgIpc) is 2.77. The van der Waals surface area contributed by atoms with E-state index in [1.54, 1.807) is 20.3 Å². The van der Waals surface area contributed by atoms with Gasteiger partial charge in [-0.05, 0) is 51.3 Å². The number of rotatable bonds is 8. The Labute approximate surface area is 196 Å². The summed E-state index contributed by atoms with van der Waals surface area (Å²) in [6.07, 6.45) is 0. The van der Waals surface area contributed by atoms with Crippen molar-refractivity contribution in [3.63, 3.8) is 0 Å². The molecule has 0 amide bonds. The van der Waals surface area contributed by atoms with Gasteiger partial charge in [-0.15, -0.1) is 0 Å². The normalized spacial score (nSPS) is 13.1. The molecule has 0 bridgehead atoms. The molecule has 0 fully saturated rings. The molecule has 3 rings (SSSR count). The van der Waals surface area contributed by atoms with Crippen molar-refractivity contribution >= 4 is 12.4 Å². The van der Waals surface area contributed by atoms with Crippen molar-refractivity contribution in [1.29, 1.82) is 0 Å². The van der Waals surface area contributed by atoms with Gasteiger partial charge in [-0.3, -0.25) is 4.79 Å². The number of benzene rings is 3. The summed E-state index contributed by atoms with van der Waals surface area (Å²) in [5.74, 6) is -1.38. The summed E-state index contributed by atoms with van der Waals surface area (Å²) < 4.78 is 11.4. The van der Waals surface area contributed by atoms with E-state index < -0.39 is 28.5 Å². The third-order valence-corrected chi connectivity index (χ3v) is 5.76. The predicted octanol–water partition coefficient (Wildman–Crippen LogP) is 5.84. The Morgan fingerprint density at radius 3 is 1.36 bits per heavy atom. The van der Waals surface area contributed by atoms with Crippen LogP contribution in [-0.2, 0) is 24.5 Å². The Kier molecular flexibility index (Phi) is 7.06. The van der Waals surface area contributed by atoms with Gasteiger partial charge in [0.2, 0.25) is 0 Å². The molecule has 0 heterocycles. The SMILES string of the molecule is CC(C)(C)OC(=O)C(C(C)(C)O[C]=O)C(c1ccccc1)(c1ccccc1)c1ccccc1. The van der Waals surface area contributed by atoms with Gasteiger partial charge in [0.15, 0.2) is 0 Å². The quantitative estimate of drug-likeness (QED) is 0.324. The Balaban J connectivity index is 2.47. The maximum atomic E-state index is 14.0. The summed E-state index contributed by atoms with van der Waals surface area (Å²) in [7, 11) is 0. The molecule has 4 nitrogen and oxygen atoms in total. The first-order chi connectivity index (χ1) is 15.6.